The molecule has 8 aromatic carbocycles. The molecule has 0 saturated carbocycles. The van der Waals surface area contributed by atoms with Gasteiger partial charge in [-0.15, -0.1) is 0 Å². The van der Waals surface area contributed by atoms with Gasteiger partial charge in [-0.3, -0.25) is 4.57 Å². The van der Waals surface area contributed by atoms with Crippen molar-refractivity contribution in [3.63, 3.8) is 0 Å². The monoisotopic (exact) mass is 1130 g/mol. The Balaban J connectivity index is 1.16. The van der Waals surface area contributed by atoms with Crippen LogP contribution in [0.15, 0.2) is 170 Å². The Morgan fingerprint density at radius 3 is 1.21 bits per heavy atom. The largest absolute Gasteiger partial charge is 0.416 e. The number of fused-ring (bicyclic) bond motifs is 6. The van der Waals surface area contributed by atoms with Gasteiger partial charge in [0.05, 0.1) is 133 Å². The highest BCUT2D eigenvalue weighted by atomic mass is 19.4. The van der Waals surface area contributed by atoms with Gasteiger partial charge in [-0.25, -0.2) is 4.98 Å². The molecule has 0 fully saturated rings. The number of pyridine rings is 1. The number of halogens is 6. The molecule has 2 unspecified atom stereocenters. The molecule has 3 heterocycles. The molecule has 2 atom stereocenters. The molecule has 0 radical (unpaired) electrons. The molecule has 0 saturated heterocycles. The average molecular weight is 1130 g/mol. The van der Waals surface area contributed by atoms with Crippen LogP contribution in [0.3, 0.4) is 0 Å². The van der Waals surface area contributed by atoms with Crippen LogP contribution >= 0.6 is 0 Å². The van der Waals surface area contributed by atoms with Gasteiger partial charge in [0, 0.05) is 32.7 Å². The van der Waals surface area contributed by atoms with Crippen molar-refractivity contribution in [1.29, 1.82) is 42.1 Å². The summed E-state index contributed by atoms with van der Waals surface area (Å²) in [5, 5.41) is 81.7. The summed E-state index contributed by atoms with van der Waals surface area (Å²) in [6.45, 7) is 0. The van der Waals surface area contributed by atoms with Crippen LogP contribution in [0.5, 0.6) is 0 Å². The van der Waals surface area contributed by atoms with E-state index in [0.29, 0.717) is 108 Å². The van der Waals surface area contributed by atoms with Crippen molar-refractivity contribution in [2.75, 3.05) is 0 Å². The van der Waals surface area contributed by atoms with Crippen molar-refractivity contribution in [2.45, 2.75) is 31.1 Å². The average Bonchev–Trinajstić information content (AvgIpc) is 1.64. The van der Waals surface area contributed by atoms with E-state index in [1.54, 1.807) is 106 Å². The summed E-state index contributed by atoms with van der Waals surface area (Å²) in [5.41, 5.74) is 3.94. The van der Waals surface area contributed by atoms with E-state index in [1.807, 2.05) is 18.2 Å². The minimum Gasteiger partial charge on any atom is -0.307 e. The van der Waals surface area contributed by atoms with Gasteiger partial charge in [-0.05, 0) is 191 Å². The zero-order chi connectivity index (χ0) is 60.3. The molecule has 1 aliphatic carbocycles. The zero-order valence-electron chi connectivity index (χ0n) is 44.3. The van der Waals surface area contributed by atoms with E-state index in [4.69, 9.17) is 4.98 Å². The SMILES string of the molecule is N#CC1=CC(C#N)CC(c2ccc3c(c2)c2cc(-c4cc(C#N)cc(C#N)c4)ccc2n3-c2cc(-c3cc(C(F)(F)F)cc(C(F)(F)F)c3)c(-n3c4ccc(-c5cc(C#N)cc(C#N)c5)cc4c4cc(-c5cc(C#N)cc(C#N)c5)ccc43)cn2)C1. The normalized spacial score (nSPS) is 14.0. The van der Waals surface area contributed by atoms with Gasteiger partial charge in [0.2, 0.25) is 0 Å². The summed E-state index contributed by atoms with van der Waals surface area (Å²) >= 11 is 0. The minimum absolute atomic E-state index is 0.0555. The van der Waals surface area contributed by atoms with Gasteiger partial charge in [-0.2, -0.15) is 68.4 Å². The quantitative estimate of drug-likeness (QED) is 0.139. The zero-order valence-corrected chi connectivity index (χ0v) is 44.3. The van der Waals surface area contributed by atoms with Crippen LogP contribution in [0.2, 0.25) is 0 Å². The molecule has 406 valence electrons. The summed E-state index contributed by atoms with van der Waals surface area (Å²) in [6, 6.07) is 55.1. The maximum Gasteiger partial charge on any atom is 0.416 e. The number of benzene rings is 8. The topological polar surface area (TPSA) is 213 Å². The fourth-order valence-electron chi connectivity index (χ4n) is 11.7. The first kappa shape index (κ1) is 54.3. The Morgan fingerprint density at radius 1 is 0.407 bits per heavy atom. The van der Waals surface area contributed by atoms with E-state index in [2.05, 4.69) is 48.6 Å². The van der Waals surface area contributed by atoms with Crippen molar-refractivity contribution < 1.29 is 26.3 Å². The summed E-state index contributed by atoms with van der Waals surface area (Å²) < 4.78 is 93.4. The van der Waals surface area contributed by atoms with Crippen molar-refractivity contribution in [2.24, 2.45) is 5.92 Å². The molecule has 11 aromatic rings. The lowest BCUT2D eigenvalue weighted by atomic mass is 9.79. The number of alkyl halides is 6. The first-order valence-electron chi connectivity index (χ1n) is 26.3. The second-order valence-corrected chi connectivity index (χ2v) is 20.7. The van der Waals surface area contributed by atoms with Crippen molar-refractivity contribution in [3.05, 3.63) is 220 Å². The van der Waals surface area contributed by atoms with Crippen LogP contribution in [-0.4, -0.2) is 14.1 Å². The maximum absolute atomic E-state index is 15.0. The number of nitriles is 8. The molecule has 0 bridgehead atoms. The molecule has 0 N–H and O–H groups in total. The highest BCUT2D eigenvalue weighted by molar-refractivity contribution is 6.13. The van der Waals surface area contributed by atoms with Crippen LogP contribution in [0.25, 0.3) is 99.6 Å². The molecule has 0 aliphatic heterocycles. The molecule has 3 aromatic heterocycles. The van der Waals surface area contributed by atoms with Crippen molar-refractivity contribution in [3.8, 4) is 105 Å². The van der Waals surface area contributed by atoms with E-state index >= 15 is 26.3 Å². The lowest BCUT2D eigenvalue weighted by Crippen LogP contribution is -2.12. The Bertz CT molecular complexity index is 4910. The number of allylic oxidation sites excluding steroid dienone is 2. The van der Waals surface area contributed by atoms with Gasteiger partial charge < -0.3 is 4.57 Å². The third kappa shape index (κ3) is 9.67. The predicted molar refractivity (Wildman–Crippen MR) is 308 cm³/mol. The van der Waals surface area contributed by atoms with Crippen molar-refractivity contribution in [1.82, 2.24) is 14.1 Å². The van der Waals surface area contributed by atoms with Crippen LogP contribution in [0, 0.1) is 96.6 Å². The molecule has 86 heavy (non-hydrogen) atoms. The van der Waals surface area contributed by atoms with Gasteiger partial charge in [0.1, 0.15) is 5.82 Å². The van der Waals surface area contributed by atoms with Gasteiger partial charge >= 0.3 is 12.4 Å². The number of rotatable bonds is 7. The van der Waals surface area contributed by atoms with Crippen molar-refractivity contribution >= 4 is 43.6 Å². The molecule has 17 heteroatoms. The van der Waals surface area contributed by atoms with E-state index in [1.165, 1.54) is 30.5 Å². The van der Waals surface area contributed by atoms with E-state index in [0.717, 1.165) is 5.56 Å². The molecule has 11 nitrogen and oxygen atoms in total. The fourth-order valence-corrected chi connectivity index (χ4v) is 11.7. The molecular weight excluding hydrogens is 1100 g/mol. The Hall–Kier alpha value is -12.3. The number of aromatic nitrogens is 3. The van der Waals surface area contributed by atoms with Gasteiger partial charge in [0.25, 0.3) is 0 Å². The van der Waals surface area contributed by atoms with Crippen LogP contribution in [0.1, 0.15) is 68.8 Å². The number of hydrogen-bond donors (Lipinski definition) is 0. The number of nitrogens with zero attached hydrogens (tertiary/aromatic N) is 11. The molecule has 0 amide bonds. The van der Waals surface area contributed by atoms with Crippen LogP contribution < -0.4 is 0 Å². The van der Waals surface area contributed by atoms with E-state index in [9.17, 15) is 42.1 Å². The Morgan fingerprint density at radius 2 is 0.814 bits per heavy atom. The second-order valence-electron chi connectivity index (χ2n) is 20.7. The highest BCUT2D eigenvalue weighted by Crippen LogP contribution is 2.46. The van der Waals surface area contributed by atoms with E-state index < -0.39 is 35.0 Å². The maximum atomic E-state index is 15.0. The fraction of sp³-hybridized carbons (Fsp3) is 0.0870. The molecule has 1 aliphatic rings. The first-order valence-corrected chi connectivity index (χ1v) is 26.3. The first-order chi connectivity index (χ1) is 41.4. The van der Waals surface area contributed by atoms with Crippen LogP contribution in [0.4, 0.5) is 26.3 Å². The Labute approximate surface area is 485 Å². The van der Waals surface area contributed by atoms with E-state index in [-0.39, 0.29) is 62.4 Å². The standard InChI is InChI=1S/C69H33F6N11/c70-68(71,72)55-21-54(22-56(27-55)69(73,74)75)57-28-67(86-64-7-3-48(52-17-42(33-80)11-43(18-52)34-81)25-60(64)61-26-49(4-8-65(61)86)53-19-44(35-82)12-45(20-53)36-83)84-37-66(57)85-62-5-1-46(50-13-38(29-76)9-39(14-50)30-77)23-58(62)59-24-47(2-6-63(59)85)51-15-40(31-78)10-41(16-51)32-79/h1-18,21-28,37,44,53H,19-20H2. The highest BCUT2D eigenvalue weighted by Gasteiger charge is 2.38. The second kappa shape index (κ2) is 20.9. The molecule has 12 rings (SSSR count). The summed E-state index contributed by atoms with van der Waals surface area (Å²) in [4.78, 5) is 5.03. The molecule has 0 spiro atoms. The summed E-state index contributed by atoms with van der Waals surface area (Å²) in [7, 11) is 0. The minimum atomic E-state index is -5.24. The lowest BCUT2D eigenvalue weighted by molar-refractivity contribution is -0.143. The Kier molecular flexibility index (Phi) is 13.2. The smallest absolute Gasteiger partial charge is 0.307 e. The number of hydrogen-bond acceptors (Lipinski definition) is 9. The predicted octanol–water partition coefficient (Wildman–Crippen LogP) is 16.7. The third-order valence-electron chi connectivity index (χ3n) is 15.6. The van der Waals surface area contributed by atoms with Gasteiger partial charge in [-0.1, -0.05) is 30.3 Å². The molecular formula is C69H33F6N11. The van der Waals surface area contributed by atoms with Gasteiger partial charge in [0.15, 0.2) is 0 Å². The summed E-state index contributed by atoms with van der Waals surface area (Å²) in [6.07, 6.45) is -6.69. The lowest BCUT2D eigenvalue weighted by Gasteiger charge is -2.23. The summed E-state index contributed by atoms with van der Waals surface area (Å²) in [5.74, 6) is -0.732. The third-order valence-corrected chi connectivity index (χ3v) is 15.6. The van der Waals surface area contributed by atoms with Crippen LogP contribution in [-0.2, 0) is 12.4 Å².